The molecule has 0 atom stereocenters. The number of carbonyl (C=O) groups is 1. The molecule has 0 fully saturated rings. The highest BCUT2D eigenvalue weighted by Gasteiger charge is 2.02. The SMILES string of the molecule is CN(C)C(=O)OCCNc1ccccc1. The molecule has 0 aliphatic rings. The topological polar surface area (TPSA) is 41.6 Å². The average Bonchev–Trinajstić information content (AvgIpc) is 2.25. The first-order valence-corrected chi connectivity index (χ1v) is 4.83. The summed E-state index contributed by atoms with van der Waals surface area (Å²) in [6, 6.07) is 9.79. The monoisotopic (exact) mass is 208 g/mol. The van der Waals surface area contributed by atoms with Crippen LogP contribution in [0.25, 0.3) is 0 Å². The number of amides is 1. The molecule has 0 saturated carbocycles. The van der Waals surface area contributed by atoms with Gasteiger partial charge in [-0.15, -0.1) is 0 Å². The summed E-state index contributed by atoms with van der Waals surface area (Å²) in [5.41, 5.74) is 1.03. The molecule has 0 heterocycles. The van der Waals surface area contributed by atoms with Gasteiger partial charge in [0.05, 0.1) is 0 Å². The Hall–Kier alpha value is -1.71. The van der Waals surface area contributed by atoms with Crippen molar-refractivity contribution in [1.29, 1.82) is 0 Å². The van der Waals surface area contributed by atoms with E-state index in [1.165, 1.54) is 4.90 Å². The number of hydrogen-bond donors (Lipinski definition) is 1. The molecule has 4 nitrogen and oxygen atoms in total. The molecule has 1 aromatic rings. The Morgan fingerprint density at radius 1 is 1.33 bits per heavy atom. The number of para-hydroxylation sites is 1. The fourth-order valence-electron chi connectivity index (χ4n) is 1.02. The van der Waals surface area contributed by atoms with Crippen molar-refractivity contribution in [1.82, 2.24) is 4.90 Å². The van der Waals surface area contributed by atoms with Crippen molar-refractivity contribution in [2.45, 2.75) is 0 Å². The quantitative estimate of drug-likeness (QED) is 0.767. The average molecular weight is 208 g/mol. The summed E-state index contributed by atoms with van der Waals surface area (Å²) in [6.45, 7) is 0.982. The van der Waals surface area contributed by atoms with E-state index in [-0.39, 0.29) is 6.09 Å². The number of hydrogen-bond acceptors (Lipinski definition) is 3. The number of nitrogens with zero attached hydrogens (tertiary/aromatic N) is 1. The number of rotatable bonds is 4. The number of anilines is 1. The summed E-state index contributed by atoms with van der Waals surface area (Å²) in [6.07, 6.45) is -0.315. The Morgan fingerprint density at radius 2 is 2.00 bits per heavy atom. The lowest BCUT2D eigenvalue weighted by molar-refractivity contribution is 0.122. The first-order chi connectivity index (χ1) is 7.20. The molecule has 1 aromatic carbocycles. The Balaban J connectivity index is 2.15. The van der Waals surface area contributed by atoms with Crippen LogP contribution >= 0.6 is 0 Å². The molecule has 0 bridgehead atoms. The van der Waals surface area contributed by atoms with Crippen LogP contribution in [0.2, 0.25) is 0 Å². The van der Waals surface area contributed by atoms with Crippen LogP contribution in [-0.2, 0) is 4.74 Å². The van der Waals surface area contributed by atoms with Crippen molar-refractivity contribution in [3.63, 3.8) is 0 Å². The van der Waals surface area contributed by atoms with Gasteiger partial charge >= 0.3 is 6.09 Å². The minimum atomic E-state index is -0.315. The molecule has 0 spiro atoms. The van der Waals surface area contributed by atoms with Crippen LogP contribution in [0.1, 0.15) is 0 Å². The third-order valence-corrected chi connectivity index (χ3v) is 1.80. The third-order valence-electron chi connectivity index (χ3n) is 1.80. The van der Waals surface area contributed by atoms with E-state index in [9.17, 15) is 4.79 Å². The molecule has 1 amide bonds. The van der Waals surface area contributed by atoms with Gasteiger partial charge in [0.25, 0.3) is 0 Å². The Bertz CT molecular complexity index is 299. The van der Waals surface area contributed by atoms with E-state index in [0.29, 0.717) is 13.2 Å². The largest absolute Gasteiger partial charge is 0.448 e. The fraction of sp³-hybridized carbons (Fsp3) is 0.364. The molecule has 1 rings (SSSR count). The van der Waals surface area contributed by atoms with Gasteiger partial charge in [-0.2, -0.15) is 0 Å². The predicted molar refractivity (Wildman–Crippen MR) is 60.0 cm³/mol. The molecule has 0 aromatic heterocycles. The van der Waals surface area contributed by atoms with Gasteiger partial charge in [-0.25, -0.2) is 4.79 Å². The van der Waals surface area contributed by atoms with E-state index in [1.54, 1.807) is 14.1 Å². The Kier molecular flexibility index (Phi) is 4.47. The highest BCUT2D eigenvalue weighted by atomic mass is 16.6. The maximum Gasteiger partial charge on any atom is 0.409 e. The molecule has 1 N–H and O–H groups in total. The lowest BCUT2D eigenvalue weighted by Crippen LogP contribution is -2.25. The van der Waals surface area contributed by atoms with Gasteiger partial charge in [-0.3, -0.25) is 0 Å². The lowest BCUT2D eigenvalue weighted by atomic mass is 10.3. The van der Waals surface area contributed by atoms with E-state index in [4.69, 9.17) is 4.74 Å². The minimum absolute atomic E-state index is 0.315. The maximum absolute atomic E-state index is 11.0. The molecule has 0 saturated heterocycles. The summed E-state index contributed by atoms with van der Waals surface area (Å²) in [5, 5.41) is 3.14. The van der Waals surface area contributed by atoms with Gasteiger partial charge in [0.1, 0.15) is 6.61 Å². The zero-order valence-electron chi connectivity index (χ0n) is 9.06. The van der Waals surface area contributed by atoms with Gasteiger partial charge in [0.2, 0.25) is 0 Å². The second kappa shape index (κ2) is 5.90. The molecule has 0 radical (unpaired) electrons. The molecule has 0 unspecified atom stereocenters. The number of ether oxygens (including phenoxy) is 1. The number of carbonyl (C=O) groups excluding carboxylic acids is 1. The maximum atomic E-state index is 11.0. The normalized spacial score (nSPS) is 9.47. The standard InChI is InChI=1S/C11H16N2O2/c1-13(2)11(14)15-9-8-12-10-6-4-3-5-7-10/h3-7,12H,8-9H2,1-2H3. The van der Waals surface area contributed by atoms with Crippen molar-refractivity contribution in [2.75, 3.05) is 32.6 Å². The minimum Gasteiger partial charge on any atom is -0.448 e. The highest BCUT2D eigenvalue weighted by molar-refractivity contribution is 5.66. The molecule has 82 valence electrons. The number of nitrogens with one attached hydrogen (secondary N) is 1. The van der Waals surface area contributed by atoms with Gasteiger partial charge in [0, 0.05) is 26.3 Å². The molecule has 4 heteroatoms. The van der Waals surface area contributed by atoms with Crippen LogP contribution in [0.3, 0.4) is 0 Å². The van der Waals surface area contributed by atoms with Crippen molar-refractivity contribution in [2.24, 2.45) is 0 Å². The summed E-state index contributed by atoms with van der Waals surface area (Å²) in [7, 11) is 3.32. The Labute approximate surface area is 89.8 Å². The first-order valence-electron chi connectivity index (χ1n) is 4.83. The molecule has 15 heavy (non-hydrogen) atoms. The summed E-state index contributed by atoms with van der Waals surface area (Å²) in [4.78, 5) is 12.4. The molecule has 0 aliphatic heterocycles. The van der Waals surface area contributed by atoms with Crippen LogP contribution < -0.4 is 5.32 Å². The lowest BCUT2D eigenvalue weighted by Gasteiger charge is -2.11. The van der Waals surface area contributed by atoms with E-state index in [1.807, 2.05) is 30.3 Å². The predicted octanol–water partition coefficient (Wildman–Crippen LogP) is 1.80. The van der Waals surface area contributed by atoms with Gasteiger partial charge in [0.15, 0.2) is 0 Å². The third kappa shape index (κ3) is 4.35. The van der Waals surface area contributed by atoms with E-state index < -0.39 is 0 Å². The summed E-state index contributed by atoms with van der Waals surface area (Å²) >= 11 is 0. The smallest absolute Gasteiger partial charge is 0.409 e. The van der Waals surface area contributed by atoms with E-state index in [2.05, 4.69) is 5.32 Å². The van der Waals surface area contributed by atoms with Gasteiger partial charge in [-0.1, -0.05) is 18.2 Å². The van der Waals surface area contributed by atoms with Crippen LogP contribution in [0.4, 0.5) is 10.5 Å². The number of benzene rings is 1. The first kappa shape index (κ1) is 11.4. The Morgan fingerprint density at radius 3 is 2.60 bits per heavy atom. The van der Waals surface area contributed by atoms with E-state index in [0.717, 1.165) is 5.69 Å². The molecular weight excluding hydrogens is 192 g/mol. The van der Waals surface area contributed by atoms with Crippen molar-refractivity contribution < 1.29 is 9.53 Å². The van der Waals surface area contributed by atoms with Crippen LogP contribution in [0.5, 0.6) is 0 Å². The van der Waals surface area contributed by atoms with Crippen molar-refractivity contribution in [3.05, 3.63) is 30.3 Å². The van der Waals surface area contributed by atoms with Gasteiger partial charge < -0.3 is 15.0 Å². The zero-order valence-corrected chi connectivity index (χ0v) is 9.06. The second-order valence-corrected chi connectivity index (χ2v) is 3.30. The zero-order chi connectivity index (χ0) is 11.1. The molecule has 0 aliphatic carbocycles. The van der Waals surface area contributed by atoms with E-state index >= 15 is 0 Å². The van der Waals surface area contributed by atoms with Crippen LogP contribution in [0, 0.1) is 0 Å². The summed E-state index contributed by atoms with van der Waals surface area (Å²) < 4.78 is 4.95. The van der Waals surface area contributed by atoms with Crippen molar-refractivity contribution >= 4 is 11.8 Å². The summed E-state index contributed by atoms with van der Waals surface area (Å²) in [5.74, 6) is 0. The van der Waals surface area contributed by atoms with Crippen LogP contribution in [-0.4, -0.2) is 38.2 Å². The van der Waals surface area contributed by atoms with Gasteiger partial charge in [-0.05, 0) is 12.1 Å². The molecular formula is C11H16N2O2. The fourth-order valence-corrected chi connectivity index (χ4v) is 1.02. The van der Waals surface area contributed by atoms with Crippen molar-refractivity contribution in [3.8, 4) is 0 Å². The van der Waals surface area contributed by atoms with Crippen LogP contribution in [0.15, 0.2) is 30.3 Å². The second-order valence-electron chi connectivity index (χ2n) is 3.30. The highest BCUT2D eigenvalue weighted by Crippen LogP contribution is 2.03.